The first-order valence-corrected chi connectivity index (χ1v) is 5.93. The Morgan fingerprint density at radius 2 is 2.18 bits per heavy atom. The fourth-order valence-corrected chi connectivity index (χ4v) is 2.11. The zero-order valence-corrected chi connectivity index (χ0v) is 9.98. The zero-order valence-electron chi connectivity index (χ0n) is 9.16. The Bertz CT molecular complexity index is 596. The molecule has 0 spiro atoms. The fourth-order valence-electron chi connectivity index (χ4n) is 1.47. The molecule has 6 nitrogen and oxygen atoms in total. The second-order valence-corrected chi connectivity index (χ2v) is 4.30. The average Bonchev–Trinajstić information content (AvgIpc) is 2.88. The summed E-state index contributed by atoms with van der Waals surface area (Å²) in [4.78, 5) is 26.3. The molecule has 2 heterocycles. The summed E-state index contributed by atoms with van der Waals surface area (Å²) in [6.45, 7) is 2.80. The van der Waals surface area contributed by atoms with Gasteiger partial charge in [0.25, 0.3) is 0 Å². The number of carbonyl (C=O) groups is 1. The van der Waals surface area contributed by atoms with Gasteiger partial charge in [0.2, 0.25) is 5.01 Å². The van der Waals surface area contributed by atoms with E-state index in [4.69, 9.17) is 5.11 Å². The summed E-state index contributed by atoms with van der Waals surface area (Å²) < 4.78 is 3.08. The number of hydrogen-bond donors (Lipinski definition) is 1. The summed E-state index contributed by atoms with van der Waals surface area (Å²) in [5, 5.41) is 10.4. The Morgan fingerprint density at radius 3 is 2.71 bits per heavy atom. The van der Waals surface area contributed by atoms with E-state index in [1.807, 2.05) is 6.92 Å². The molecule has 2 aromatic heterocycles. The molecule has 2 aromatic rings. The lowest BCUT2D eigenvalue weighted by Gasteiger charge is -1.97. The molecule has 1 N–H and O–H groups in total. The number of thiazole rings is 1. The molecule has 0 amide bonds. The Labute approximate surface area is 101 Å². The molecule has 0 aromatic carbocycles. The molecular weight excluding hydrogens is 242 g/mol. The molecule has 0 aliphatic heterocycles. The van der Waals surface area contributed by atoms with Crippen LogP contribution in [-0.4, -0.2) is 25.2 Å². The van der Waals surface area contributed by atoms with Crippen LogP contribution in [0.15, 0.2) is 22.6 Å². The summed E-state index contributed by atoms with van der Waals surface area (Å²) in [5.41, 5.74) is 0.473. The van der Waals surface area contributed by atoms with Gasteiger partial charge < -0.3 is 5.11 Å². The minimum absolute atomic E-state index is 0.0444. The number of hydrogen-bond acceptors (Lipinski definition) is 4. The molecule has 7 heteroatoms. The van der Waals surface area contributed by atoms with Crippen molar-refractivity contribution >= 4 is 17.3 Å². The molecule has 0 saturated heterocycles. The first-order valence-electron chi connectivity index (χ1n) is 5.05. The third-order valence-corrected chi connectivity index (χ3v) is 3.20. The molecule has 0 bridgehead atoms. The highest BCUT2D eigenvalue weighted by molar-refractivity contribution is 7.11. The number of aromatic nitrogens is 3. The summed E-state index contributed by atoms with van der Waals surface area (Å²) in [6.07, 6.45) is 3.37. The molecule has 0 atom stereocenters. The van der Waals surface area contributed by atoms with Crippen LogP contribution in [-0.2, 0) is 13.1 Å². The fraction of sp³-hybridized carbons (Fsp3) is 0.300. The number of imidazole rings is 1. The van der Waals surface area contributed by atoms with Crippen molar-refractivity contribution in [3.63, 3.8) is 0 Å². The highest BCUT2D eigenvalue weighted by Gasteiger charge is 2.10. The quantitative estimate of drug-likeness (QED) is 0.877. The standard InChI is InChI=1S/C10H11N3O3S/c1-2-12-3-4-13(10(12)16)5-7-6-17-8(11-7)9(14)15/h3-4,6H,2,5H2,1H3,(H,14,15). The van der Waals surface area contributed by atoms with Gasteiger partial charge in [-0.2, -0.15) is 0 Å². The largest absolute Gasteiger partial charge is 0.476 e. The van der Waals surface area contributed by atoms with E-state index < -0.39 is 5.97 Å². The SMILES string of the molecule is CCn1ccn(Cc2csc(C(=O)O)n2)c1=O. The Balaban J connectivity index is 2.22. The first-order chi connectivity index (χ1) is 8.11. The summed E-state index contributed by atoms with van der Waals surface area (Å²) in [6, 6.07) is 0. The monoisotopic (exact) mass is 253 g/mol. The number of carboxylic acid groups (broad SMARTS) is 1. The van der Waals surface area contributed by atoms with E-state index in [1.165, 1.54) is 4.57 Å². The van der Waals surface area contributed by atoms with Gasteiger partial charge in [-0.05, 0) is 6.92 Å². The summed E-state index contributed by atoms with van der Waals surface area (Å²) in [5.74, 6) is -1.04. The highest BCUT2D eigenvalue weighted by atomic mass is 32.1. The van der Waals surface area contributed by atoms with Crippen LogP contribution in [0, 0.1) is 0 Å². The van der Waals surface area contributed by atoms with Gasteiger partial charge in [0.15, 0.2) is 0 Å². The topological polar surface area (TPSA) is 77.1 Å². The third-order valence-electron chi connectivity index (χ3n) is 2.33. The maximum Gasteiger partial charge on any atom is 0.365 e. The lowest BCUT2D eigenvalue weighted by molar-refractivity contribution is 0.0696. The van der Waals surface area contributed by atoms with Crippen molar-refractivity contribution < 1.29 is 9.90 Å². The average molecular weight is 253 g/mol. The molecule has 0 fully saturated rings. The predicted octanol–water partition coefficient (Wildman–Crippen LogP) is 0.873. The zero-order chi connectivity index (χ0) is 12.4. The number of rotatable bonds is 4. The van der Waals surface area contributed by atoms with E-state index in [1.54, 1.807) is 22.3 Å². The van der Waals surface area contributed by atoms with E-state index in [-0.39, 0.29) is 10.7 Å². The molecule has 0 aliphatic rings. The van der Waals surface area contributed by atoms with Gasteiger partial charge in [0.05, 0.1) is 12.2 Å². The van der Waals surface area contributed by atoms with Gasteiger partial charge in [-0.1, -0.05) is 0 Å². The van der Waals surface area contributed by atoms with Crippen molar-refractivity contribution in [2.45, 2.75) is 20.0 Å². The van der Waals surface area contributed by atoms with Crippen LogP contribution in [0.2, 0.25) is 0 Å². The molecule has 90 valence electrons. The normalized spacial score (nSPS) is 10.6. The second kappa shape index (κ2) is 4.54. The molecule has 17 heavy (non-hydrogen) atoms. The van der Waals surface area contributed by atoms with Gasteiger partial charge in [0.1, 0.15) is 0 Å². The van der Waals surface area contributed by atoms with Crippen molar-refractivity contribution in [1.29, 1.82) is 0 Å². The van der Waals surface area contributed by atoms with Crippen molar-refractivity contribution in [3.8, 4) is 0 Å². The molecule has 0 unspecified atom stereocenters. The smallest absolute Gasteiger partial charge is 0.365 e. The van der Waals surface area contributed by atoms with Crippen molar-refractivity contribution in [2.75, 3.05) is 0 Å². The highest BCUT2D eigenvalue weighted by Crippen LogP contribution is 2.10. The van der Waals surface area contributed by atoms with E-state index in [9.17, 15) is 9.59 Å². The molecule has 0 aliphatic carbocycles. The predicted molar refractivity (Wildman–Crippen MR) is 62.5 cm³/mol. The van der Waals surface area contributed by atoms with Gasteiger partial charge >= 0.3 is 11.7 Å². The molecule has 0 saturated carbocycles. The molecule has 0 radical (unpaired) electrons. The van der Waals surface area contributed by atoms with E-state index >= 15 is 0 Å². The minimum Gasteiger partial charge on any atom is -0.476 e. The van der Waals surface area contributed by atoms with Crippen LogP contribution in [0.5, 0.6) is 0 Å². The Hall–Kier alpha value is -1.89. The molecular formula is C10H11N3O3S. The van der Waals surface area contributed by atoms with Crippen molar-refractivity contribution in [3.05, 3.63) is 39.0 Å². The van der Waals surface area contributed by atoms with E-state index in [0.717, 1.165) is 11.3 Å². The van der Waals surface area contributed by atoms with Crippen LogP contribution < -0.4 is 5.69 Å². The number of aryl methyl sites for hydroxylation is 1. The van der Waals surface area contributed by atoms with Crippen LogP contribution >= 0.6 is 11.3 Å². The second-order valence-electron chi connectivity index (χ2n) is 3.44. The van der Waals surface area contributed by atoms with E-state index in [0.29, 0.717) is 18.8 Å². The molecule has 2 rings (SSSR count). The van der Waals surface area contributed by atoms with Crippen molar-refractivity contribution in [2.24, 2.45) is 0 Å². The van der Waals surface area contributed by atoms with Crippen LogP contribution in [0.1, 0.15) is 22.4 Å². The Morgan fingerprint density at radius 1 is 1.47 bits per heavy atom. The number of nitrogens with zero attached hydrogens (tertiary/aromatic N) is 3. The lowest BCUT2D eigenvalue weighted by atomic mass is 10.5. The van der Waals surface area contributed by atoms with Crippen LogP contribution in [0.4, 0.5) is 0 Å². The van der Waals surface area contributed by atoms with Gasteiger partial charge in [-0.15, -0.1) is 11.3 Å². The van der Waals surface area contributed by atoms with E-state index in [2.05, 4.69) is 4.98 Å². The van der Waals surface area contributed by atoms with Crippen LogP contribution in [0.3, 0.4) is 0 Å². The van der Waals surface area contributed by atoms with Gasteiger partial charge in [-0.25, -0.2) is 14.6 Å². The van der Waals surface area contributed by atoms with Gasteiger partial charge in [-0.3, -0.25) is 9.13 Å². The number of carboxylic acids is 1. The maximum absolute atomic E-state index is 11.7. The minimum atomic E-state index is -1.04. The third kappa shape index (κ3) is 2.28. The van der Waals surface area contributed by atoms with Crippen molar-refractivity contribution in [1.82, 2.24) is 14.1 Å². The maximum atomic E-state index is 11.7. The Kier molecular flexibility index (Phi) is 3.10. The summed E-state index contributed by atoms with van der Waals surface area (Å²) >= 11 is 1.06. The van der Waals surface area contributed by atoms with Crippen LogP contribution in [0.25, 0.3) is 0 Å². The summed E-state index contributed by atoms with van der Waals surface area (Å²) in [7, 11) is 0. The lowest BCUT2D eigenvalue weighted by Crippen LogP contribution is -2.23. The first kappa shape index (κ1) is 11.6. The van der Waals surface area contributed by atoms with Gasteiger partial charge in [0, 0.05) is 24.3 Å². The number of aromatic carboxylic acids is 1.